The lowest BCUT2D eigenvalue weighted by Gasteiger charge is -2.26. The molecule has 1 N–H and O–H groups in total. The van der Waals surface area contributed by atoms with E-state index in [0.717, 1.165) is 10.2 Å². The molecule has 1 heterocycles. The van der Waals surface area contributed by atoms with Crippen molar-refractivity contribution in [3.63, 3.8) is 0 Å². The third-order valence-corrected chi connectivity index (χ3v) is 4.69. The summed E-state index contributed by atoms with van der Waals surface area (Å²) in [7, 11) is 0. The van der Waals surface area contributed by atoms with E-state index >= 15 is 0 Å². The zero-order valence-electron chi connectivity index (χ0n) is 9.71. The highest BCUT2D eigenvalue weighted by Crippen LogP contribution is 2.45. The van der Waals surface area contributed by atoms with Gasteiger partial charge in [0.1, 0.15) is 0 Å². The van der Waals surface area contributed by atoms with E-state index in [2.05, 4.69) is 27.3 Å². The van der Waals surface area contributed by atoms with Crippen LogP contribution in [0.25, 0.3) is 0 Å². The number of carbonyl (C=O) groups is 1. The molecule has 1 aliphatic carbocycles. The van der Waals surface area contributed by atoms with Gasteiger partial charge in [-0.3, -0.25) is 4.79 Å². The molecule has 1 saturated carbocycles. The van der Waals surface area contributed by atoms with Crippen LogP contribution in [-0.2, 0) is 4.79 Å². The van der Waals surface area contributed by atoms with E-state index in [4.69, 9.17) is 0 Å². The second-order valence-corrected chi connectivity index (χ2v) is 5.92. The van der Waals surface area contributed by atoms with Crippen LogP contribution in [0.15, 0.2) is 22.7 Å². The zero-order valence-corrected chi connectivity index (χ0v) is 11.3. The van der Waals surface area contributed by atoms with Gasteiger partial charge in [0.05, 0.1) is 11.6 Å². The Morgan fingerprint density at radius 2 is 1.94 bits per heavy atom. The molecular formula is C14H16BrNO. The van der Waals surface area contributed by atoms with Crippen molar-refractivity contribution < 1.29 is 4.79 Å². The lowest BCUT2D eigenvalue weighted by atomic mass is 9.77. The number of rotatable bonds is 1. The number of hydrogen-bond acceptors (Lipinski definition) is 1. The second-order valence-electron chi connectivity index (χ2n) is 5.07. The molecule has 0 radical (unpaired) electrons. The number of para-hydroxylation sites is 1. The van der Waals surface area contributed by atoms with Crippen LogP contribution in [-0.4, -0.2) is 5.91 Å². The average molecular weight is 294 g/mol. The Hall–Kier alpha value is -0.830. The molecule has 1 aromatic rings. The van der Waals surface area contributed by atoms with E-state index in [9.17, 15) is 4.79 Å². The van der Waals surface area contributed by atoms with E-state index in [-0.39, 0.29) is 11.8 Å². The Bertz CT molecular complexity index is 452. The van der Waals surface area contributed by atoms with E-state index in [1.54, 1.807) is 0 Å². The Balaban J connectivity index is 1.96. The molecule has 90 valence electrons. The summed E-state index contributed by atoms with van der Waals surface area (Å²) in [5.74, 6) is 0.820. The van der Waals surface area contributed by atoms with Crippen molar-refractivity contribution in [2.24, 2.45) is 5.92 Å². The molecule has 0 saturated heterocycles. The van der Waals surface area contributed by atoms with E-state index in [1.807, 2.05) is 12.1 Å². The van der Waals surface area contributed by atoms with Crippen LogP contribution in [0.5, 0.6) is 0 Å². The predicted octanol–water partition coefficient (Wildman–Crippen LogP) is 4.07. The normalized spacial score (nSPS) is 24.5. The average Bonchev–Trinajstić information content (AvgIpc) is 2.68. The van der Waals surface area contributed by atoms with Crippen LogP contribution in [0, 0.1) is 5.92 Å². The zero-order chi connectivity index (χ0) is 11.8. The van der Waals surface area contributed by atoms with Gasteiger partial charge in [0.2, 0.25) is 5.91 Å². The number of carbonyl (C=O) groups excluding carboxylic acids is 1. The van der Waals surface area contributed by atoms with E-state index < -0.39 is 0 Å². The smallest absolute Gasteiger partial charge is 0.232 e. The van der Waals surface area contributed by atoms with Crippen molar-refractivity contribution in [3.05, 3.63) is 28.2 Å². The van der Waals surface area contributed by atoms with E-state index in [0.29, 0.717) is 5.92 Å². The quantitative estimate of drug-likeness (QED) is 0.831. The maximum Gasteiger partial charge on any atom is 0.232 e. The topological polar surface area (TPSA) is 29.1 Å². The maximum atomic E-state index is 12.2. The van der Waals surface area contributed by atoms with Gasteiger partial charge in [-0.25, -0.2) is 0 Å². The molecule has 1 aromatic carbocycles. The summed E-state index contributed by atoms with van der Waals surface area (Å²) in [5, 5.41) is 3.03. The van der Waals surface area contributed by atoms with Crippen LogP contribution in [0.1, 0.15) is 43.6 Å². The summed E-state index contributed by atoms with van der Waals surface area (Å²) in [6.07, 6.45) is 6.28. The van der Waals surface area contributed by atoms with Gasteiger partial charge >= 0.3 is 0 Å². The minimum Gasteiger partial charge on any atom is -0.324 e. The third-order valence-electron chi connectivity index (χ3n) is 4.03. The monoisotopic (exact) mass is 293 g/mol. The van der Waals surface area contributed by atoms with E-state index in [1.165, 1.54) is 37.7 Å². The highest BCUT2D eigenvalue weighted by Gasteiger charge is 2.37. The summed E-state index contributed by atoms with van der Waals surface area (Å²) < 4.78 is 1.00. The van der Waals surface area contributed by atoms with Crippen molar-refractivity contribution in [2.45, 2.75) is 38.0 Å². The Morgan fingerprint density at radius 3 is 2.71 bits per heavy atom. The SMILES string of the molecule is O=C1Nc2c(Br)cccc2C1C1CCCCC1. The molecule has 17 heavy (non-hydrogen) atoms. The van der Waals surface area contributed by atoms with Crippen molar-refractivity contribution in [1.29, 1.82) is 0 Å². The number of anilines is 1. The number of halogens is 1. The summed E-state index contributed by atoms with van der Waals surface area (Å²) in [5.41, 5.74) is 2.18. The van der Waals surface area contributed by atoms with Crippen molar-refractivity contribution in [3.8, 4) is 0 Å². The standard InChI is InChI=1S/C14H16BrNO/c15-11-8-4-7-10-12(14(17)16-13(10)11)9-5-2-1-3-6-9/h4,7-9,12H,1-3,5-6H2,(H,16,17). The third kappa shape index (κ3) is 1.90. The molecule has 2 nitrogen and oxygen atoms in total. The Kier molecular flexibility index (Phi) is 2.95. The molecule has 1 amide bonds. The summed E-state index contributed by atoms with van der Waals surface area (Å²) in [6, 6.07) is 6.11. The first-order valence-electron chi connectivity index (χ1n) is 6.36. The van der Waals surface area contributed by atoms with Gasteiger partial charge < -0.3 is 5.32 Å². The summed E-state index contributed by atoms with van der Waals surface area (Å²) in [6.45, 7) is 0. The second kappa shape index (κ2) is 4.45. The number of hydrogen-bond donors (Lipinski definition) is 1. The number of nitrogens with one attached hydrogen (secondary N) is 1. The molecule has 1 atom stereocenters. The molecule has 1 unspecified atom stereocenters. The van der Waals surface area contributed by atoms with Crippen molar-refractivity contribution in [1.82, 2.24) is 0 Å². The van der Waals surface area contributed by atoms with Gasteiger partial charge in [0.15, 0.2) is 0 Å². The van der Waals surface area contributed by atoms with Crippen LogP contribution in [0.2, 0.25) is 0 Å². The van der Waals surface area contributed by atoms with Crippen molar-refractivity contribution >= 4 is 27.5 Å². The van der Waals surface area contributed by atoms with Crippen LogP contribution in [0.4, 0.5) is 5.69 Å². The van der Waals surface area contributed by atoms with Gasteiger partial charge in [-0.2, -0.15) is 0 Å². The number of fused-ring (bicyclic) bond motifs is 1. The van der Waals surface area contributed by atoms with Crippen LogP contribution < -0.4 is 5.32 Å². The molecule has 0 spiro atoms. The summed E-state index contributed by atoms with van der Waals surface area (Å²) >= 11 is 3.51. The summed E-state index contributed by atoms with van der Waals surface area (Å²) in [4.78, 5) is 12.2. The molecular weight excluding hydrogens is 278 g/mol. The van der Waals surface area contributed by atoms with Gasteiger partial charge in [-0.05, 0) is 46.3 Å². The largest absolute Gasteiger partial charge is 0.324 e. The first kappa shape index (κ1) is 11.3. The van der Waals surface area contributed by atoms with Gasteiger partial charge in [-0.15, -0.1) is 0 Å². The number of amides is 1. The predicted molar refractivity (Wildman–Crippen MR) is 72.1 cm³/mol. The lowest BCUT2D eigenvalue weighted by molar-refractivity contribution is -0.118. The fourth-order valence-electron chi connectivity index (χ4n) is 3.21. The minimum atomic E-state index is 0.0859. The van der Waals surface area contributed by atoms with Gasteiger partial charge in [0, 0.05) is 4.47 Å². The number of benzene rings is 1. The fraction of sp³-hybridized carbons (Fsp3) is 0.500. The van der Waals surface area contributed by atoms with Crippen molar-refractivity contribution in [2.75, 3.05) is 5.32 Å². The molecule has 0 aromatic heterocycles. The molecule has 1 aliphatic heterocycles. The van der Waals surface area contributed by atoms with Gasteiger partial charge in [-0.1, -0.05) is 31.4 Å². The van der Waals surface area contributed by atoms with Crippen LogP contribution in [0.3, 0.4) is 0 Å². The molecule has 3 heteroatoms. The van der Waals surface area contributed by atoms with Gasteiger partial charge in [0.25, 0.3) is 0 Å². The maximum absolute atomic E-state index is 12.2. The highest BCUT2D eigenvalue weighted by atomic mass is 79.9. The highest BCUT2D eigenvalue weighted by molar-refractivity contribution is 9.10. The lowest BCUT2D eigenvalue weighted by Crippen LogP contribution is -2.22. The molecule has 1 fully saturated rings. The first-order chi connectivity index (χ1) is 8.27. The fourth-order valence-corrected chi connectivity index (χ4v) is 3.69. The molecule has 2 aliphatic rings. The minimum absolute atomic E-state index is 0.0859. The molecule has 0 bridgehead atoms. The Labute approximate surface area is 110 Å². The van der Waals surface area contributed by atoms with Crippen LogP contribution >= 0.6 is 15.9 Å². The first-order valence-corrected chi connectivity index (χ1v) is 7.16. The molecule has 3 rings (SSSR count). The Morgan fingerprint density at radius 1 is 1.18 bits per heavy atom.